The summed E-state index contributed by atoms with van der Waals surface area (Å²) in [6.45, 7) is 12.2. The van der Waals surface area contributed by atoms with Crippen LogP contribution in [0, 0.1) is 16.2 Å². The molecule has 2 atom stereocenters. The number of unbranched alkanes of at least 4 members (excludes halogenated alkanes) is 2. The second kappa shape index (κ2) is 9.43. The lowest BCUT2D eigenvalue weighted by Crippen LogP contribution is -2.57. The summed E-state index contributed by atoms with van der Waals surface area (Å²) < 4.78 is 0. The number of carbonyl (C=O) groups is 2. The molecule has 0 aliphatic rings. The Balaban J connectivity index is 6.41. The quantitative estimate of drug-likeness (QED) is 0.447. The normalized spacial score (nSPS) is 19.1. The van der Waals surface area contributed by atoms with E-state index in [1.165, 1.54) is 0 Å². The van der Waals surface area contributed by atoms with Crippen molar-refractivity contribution in [3.05, 3.63) is 0 Å². The van der Waals surface area contributed by atoms with Gasteiger partial charge in [0.2, 0.25) is 0 Å². The predicted octanol–water partition coefficient (Wildman–Crippen LogP) is 5.75. The molecule has 2 unspecified atom stereocenters. The van der Waals surface area contributed by atoms with Gasteiger partial charge in [0.25, 0.3) is 0 Å². The Hall–Kier alpha value is -1.06. The van der Waals surface area contributed by atoms with Gasteiger partial charge in [0, 0.05) is 0 Å². The van der Waals surface area contributed by atoms with Gasteiger partial charge in [-0.25, -0.2) is 0 Å². The highest BCUT2D eigenvalue weighted by molar-refractivity contribution is 5.83. The third-order valence-electron chi connectivity index (χ3n) is 6.57. The summed E-state index contributed by atoms with van der Waals surface area (Å²) in [7, 11) is 0. The molecule has 0 saturated carbocycles. The van der Waals surface area contributed by atoms with E-state index in [9.17, 15) is 19.8 Å². The molecule has 0 aromatic heterocycles. The van der Waals surface area contributed by atoms with Crippen molar-refractivity contribution in [2.75, 3.05) is 0 Å². The number of carboxylic acid groups (broad SMARTS) is 2. The van der Waals surface area contributed by atoms with Crippen LogP contribution in [0.15, 0.2) is 0 Å². The molecule has 24 heavy (non-hydrogen) atoms. The van der Waals surface area contributed by atoms with Crippen LogP contribution in [0.3, 0.4) is 0 Å². The van der Waals surface area contributed by atoms with E-state index < -0.39 is 28.2 Å². The van der Waals surface area contributed by atoms with Crippen molar-refractivity contribution >= 4 is 11.9 Å². The topological polar surface area (TPSA) is 74.6 Å². The largest absolute Gasteiger partial charge is 0.481 e. The molecule has 2 N–H and O–H groups in total. The fourth-order valence-electron chi connectivity index (χ4n) is 4.49. The van der Waals surface area contributed by atoms with Gasteiger partial charge in [-0.2, -0.15) is 0 Å². The fraction of sp³-hybridized carbons (Fsp3) is 0.900. The van der Waals surface area contributed by atoms with E-state index in [0.29, 0.717) is 12.8 Å². The van der Waals surface area contributed by atoms with Crippen molar-refractivity contribution < 1.29 is 19.8 Å². The molecule has 0 bridgehead atoms. The highest BCUT2D eigenvalue weighted by atomic mass is 16.4. The molecule has 0 radical (unpaired) electrons. The Bertz CT molecular complexity index is 396. The van der Waals surface area contributed by atoms with Crippen LogP contribution in [0.1, 0.15) is 99.3 Å². The van der Waals surface area contributed by atoms with E-state index in [0.717, 1.165) is 38.5 Å². The van der Waals surface area contributed by atoms with Crippen LogP contribution in [-0.4, -0.2) is 22.2 Å². The highest BCUT2D eigenvalue weighted by Crippen LogP contribution is 2.61. The average molecular weight is 343 g/mol. The predicted molar refractivity (Wildman–Crippen MR) is 98.2 cm³/mol. The molecule has 142 valence electrons. The molecule has 0 aromatic carbocycles. The monoisotopic (exact) mass is 342 g/mol. The van der Waals surface area contributed by atoms with Crippen LogP contribution >= 0.6 is 0 Å². The summed E-state index contributed by atoms with van der Waals surface area (Å²) in [6, 6.07) is 0. The molecule has 0 aliphatic carbocycles. The summed E-state index contributed by atoms with van der Waals surface area (Å²) in [5, 5.41) is 19.9. The van der Waals surface area contributed by atoms with Crippen LogP contribution < -0.4 is 0 Å². The standard InChI is InChI=1S/C20H38O4/c1-7-11-13-18(5,9-3)20(17(23)24,15-16(21)22)19(6,10-4)14-12-8-2/h7-15H2,1-6H3,(H,21,22)(H,23,24). The van der Waals surface area contributed by atoms with Crippen LogP contribution in [-0.2, 0) is 9.59 Å². The van der Waals surface area contributed by atoms with Crippen LogP contribution in [0.5, 0.6) is 0 Å². The smallest absolute Gasteiger partial charge is 0.311 e. The van der Waals surface area contributed by atoms with Crippen molar-refractivity contribution in [2.45, 2.75) is 99.3 Å². The van der Waals surface area contributed by atoms with E-state index in [1.54, 1.807) is 0 Å². The Morgan fingerprint density at radius 2 is 1.17 bits per heavy atom. The Morgan fingerprint density at radius 1 is 0.792 bits per heavy atom. The van der Waals surface area contributed by atoms with Gasteiger partial charge in [0.05, 0.1) is 11.8 Å². The second-order valence-electron chi connectivity index (χ2n) is 7.82. The van der Waals surface area contributed by atoms with E-state index in [4.69, 9.17) is 0 Å². The minimum absolute atomic E-state index is 0.301. The van der Waals surface area contributed by atoms with Crippen molar-refractivity contribution in [1.29, 1.82) is 0 Å². The van der Waals surface area contributed by atoms with Crippen LogP contribution in [0.2, 0.25) is 0 Å². The molecule has 0 spiro atoms. The Labute approximate surface area is 148 Å². The summed E-state index contributed by atoms with van der Waals surface area (Å²) >= 11 is 0. The molecule has 0 fully saturated rings. The third kappa shape index (κ3) is 4.31. The third-order valence-corrected chi connectivity index (χ3v) is 6.57. The lowest BCUT2D eigenvalue weighted by Gasteiger charge is -2.55. The van der Waals surface area contributed by atoms with E-state index >= 15 is 0 Å². The number of hydrogen-bond donors (Lipinski definition) is 2. The van der Waals surface area contributed by atoms with E-state index in [1.807, 2.05) is 27.7 Å². The molecular formula is C20H38O4. The first-order valence-corrected chi connectivity index (χ1v) is 9.56. The highest BCUT2D eigenvalue weighted by Gasteiger charge is 2.62. The molecule has 0 aromatic rings. The van der Waals surface area contributed by atoms with Gasteiger partial charge in [-0.3, -0.25) is 9.59 Å². The van der Waals surface area contributed by atoms with Crippen molar-refractivity contribution in [3.8, 4) is 0 Å². The van der Waals surface area contributed by atoms with Crippen molar-refractivity contribution in [3.63, 3.8) is 0 Å². The lowest BCUT2D eigenvalue weighted by atomic mass is 9.46. The second-order valence-corrected chi connectivity index (χ2v) is 7.82. The van der Waals surface area contributed by atoms with E-state index in [-0.39, 0.29) is 6.42 Å². The summed E-state index contributed by atoms with van der Waals surface area (Å²) in [5.74, 6) is -1.95. The molecule has 0 aliphatic heterocycles. The van der Waals surface area contributed by atoms with Crippen molar-refractivity contribution in [2.24, 2.45) is 16.2 Å². The molecule has 0 heterocycles. The van der Waals surface area contributed by atoms with E-state index in [2.05, 4.69) is 13.8 Å². The number of carboxylic acids is 2. The first-order chi connectivity index (χ1) is 11.1. The SMILES string of the molecule is CCCCC(C)(CC)C(CC(=O)O)(C(=O)O)C(C)(CC)CCCC. The minimum Gasteiger partial charge on any atom is -0.481 e. The van der Waals surface area contributed by atoms with Gasteiger partial charge in [-0.15, -0.1) is 0 Å². The lowest BCUT2D eigenvalue weighted by molar-refractivity contribution is -0.185. The molecule has 0 saturated heterocycles. The van der Waals surface area contributed by atoms with Gasteiger partial charge >= 0.3 is 11.9 Å². The number of aliphatic carboxylic acids is 2. The summed E-state index contributed by atoms with van der Waals surface area (Å²) in [5.41, 5.74) is -2.32. The Kier molecular flexibility index (Phi) is 9.01. The van der Waals surface area contributed by atoms with Gasteiger partial charge in [-0.05, 0) is 36.5 Å². The van der Waals surface area contributed by atoms with Gasteiger partial charge < -0.3 is 10.2 Å². The Morgan fingerprint density at radius 3 is 1.38 bits per heavy atom. The minimum atomic E-state index is -1.25. The zero-order valence-corrected chi connectivity index (χ0v) is 16.6. The summed E-state index contributed by atoms with van der Waals surface area (Å²) in [4.78, 5) is 24.4. The van der Waals surface area contributed by atoms with Crippen molar-refractivity contribution in [1.82, 2.24) is 0 Å². The molecule has 0 rings (SSSR count). The van der Waals surface area contributed by atoms with Gasteiger partial charge in [0.1, 0.15) is 0 Å². The van der Waals surface area contributed by atoms with Crippen LogP contribution in [0.4, 0.5) is 0 Å². The zero-order chi connectivity index (χ0) is 19.0. The molecular weight excluding hydrogens is 304 g/mol. The van der Waals surface area contributed by atoms with Gasteiger partial charge in [-0.1, -0.05) is 67.2 Å². The molecule has 4 heteroatoms. The van der Waals surface area contributed by atoms with Crippen LogP contribution in [0.25, 0.3) is 0 Å². The summed E-state index contributed by atoms with van der Waals surface area (Å²) in [6.07, 6.45) is 6.36. The first kappa shape index (κ1) is 22.9. The first-order valence-electron chi connectivity index (χ1n) is 9.56. The molecule has 4 nitrogen and oxygen atoms in total. The van der Waals surface area contributed by atoms with Gasteiger partial charge in [0.15, 0.2) is 0 Å². The maximum absolute atomic E-state index is 12.6. The zero-order valence-electron chi connectivity index (χ0n) is 16.6. The average Bonchev–Trinajstić information content (AvgIpc) is 2.54. The maximum atomic E-state index is 12.6. The fourth-order valence-corrected chi connectivity index (χ4v) is 4.49. The number of rotatable bonds is 13. The molecule has 0 amide bonds. The maximum Gasteiger partial charge on any atom is 0.311 e. The number of hydrogen-bond acceptors (Lipinski definition) is 2.